The van der Waals surface area contributed by atoms with E-state index in [1.807, 2.05) is 0 Å². The molecule has 0 spiro atoms. The van der Waals surface area contributed by atoms with Crippen molar-refractivity contribution in [1.82, 2.24) is 4.98 Å². The Balaban J connectivity index is 2.43. The molecule has 10 heteroatoms. The lowest BCUT2D eigenvalue weighted by Crippen LogP contribution is -2.50. The highest BCUT2D eigenvalue weighted by molar-refractivity contribution is 8.04. The van der Waals surface area contributed by atoms with Crippen molar-refractivity contribution in [2.45, 2.75) is 36.6 Å². The molecule has 143 valence electrons. The Morgan fingerprint density at radius 3 is 2.27 bits per heavy atom. The molecule has 1 atom stereocenters. The van der Waals surface area contributed by atoms with Gasteiger partial charge >= 0.3 is 17.4 Å². The summed E-state index contributed by atoms with van der Waals surface area (Å²) in [6.07, 6.45) is -1.08. The van der Waals surface area contributed by atoms with Crippen molar-refractivity contribution >= 4 is 23.4 Å². The third kappa shape index (κ3) is 3.88. The lowest BCUT2D eigenvalue weighted by molar-refractivity contribution is -0.330. The molecule has 0 bridgehead atoms. The average Bonchev–Trinajstić information content (AvgIpc) is 2.44. The quantitative estimate of drug-likeness (QED) is 0.405. The van der Waals surface area contributed by atoms with Crippen molar-refractivity contribution in [3.05, 3.63) is 58.1 Å². The van der Waals surface area contributed by atoms with Crippen LogP contribution in [0.2, 0.25) is 5.15 Å². The number of alkyl halides is 7. The Morgan fingerprint density at radius 1 is 1.12 bits per heavy atom. The summed E-state index contributed by atoms with van der Waals surface area (Å²) in [6.45, 7) is 3.07. The molecule has 1 aromatic rings. The van der Waals surface area contributed by atoms with E-state index in [1.165, 1.54) is 13.1 Å². The molecule has 0 saturated heterocycles. The van der Waals surface area contributed by atoms with E-state index in [9.17, 15) is 30.7 Å². The van der Waals surface area contributed by atoms with E-state index in [4.69, 9.17) is 11.6 Å². The Labute approximate surface area is 154 Å². The first kappa shape index (κ1) is 21.1. The predicted octanol–water partition coefficient (Wildman–Crippen LogP) is 6.56. The van der Waals surface area contributed by atoms with Gasteiger partial charge in [-0.3, -0.25) is 0 Å². The Bertz CT molecular complexity index is 757. The maximum Gasteiger partial charge on any atom is 0.460 e. The molecule has 0 fully saturated rings. The highest BCUT2D eigenvalue weighted by Gasteiger charge is 2.73. The number of hydrogen-bond donors (Lipinski definition) is 0. The van der Waals surface area contributed by atoms with Crippen molar-refractivity contribution in [3.8, 4) is 0 Å². The third-order valence-electron chi connectivity index (χ3n) is 3.65. The van der Waals surface area contributed by atoms with Gasteiger partial charge in [-0.15, -0.1) is 0 Å². The van der Waals surface area contributed by atoms with E-state index >= 15 is 0 Å². The number of halogens is 8. The number of thioether (sulfide) groups is 1. The van der Waals surface area contributed by atoms with Crippen molar-refractivity contribution < 1.29 is 30.7 Å². The van der Waals surface area contributed by atoms with E-state index in [0.29, 0.717) is 11.1 Å². The van der Waals surface area contributed by atoms with Crippen molar-refractivity contribution in [1.29, 1.82) is 0 Å². The van der Waals surface area contributed by atoms with Crippen LogP contribution in [0.25, 0.3) is 0 Å². The Hall–Kier alpha value is -1.22. The molecule has 1 heterocycles. The third-order valence-corrected chi connectivity index (χ3v) is 4.93. The largest absolute Gasteiger partial charge is 0.460 e. The Kier molecular flexibility index (Phi) is 5.47. The molecule has 1 aromatic heterocycles. The molecule has 26 heavy (non-hydrogen) atoms. The number of rotatable bonds is 4. The second-order valence-corrected chi connectivity index (χ2v) is 7.44. The van der Waals surface area contributed by atoms with Gasteiger partial charge in [0.1, 0.15) is 5.15 Å². The first-order chi connectivity index (χ1) is 11.7. The maximum atomic E-state index is 13.7. The van der Waals surface area contributed by atoms with Gasteiger partial charge < -0.3 is 0 Å². The average molecular weight is 419 g/mol. The van der Waals surface area contributed by atoms with Gasteiger partial charge in [0.15, 0.2) is 0 Å². The molecule has 0 N–H and O–H groups in total. The number of allylic oxidation sites excluding steroid dienone is 3. The number of hydrogen-bond acceptors (Lipinski definition) is 2. The van der Waals surface area contributed by atoms with Gasteiger partial charge in [-0.05, 0) is 36.4 Å². The van der Waals surface area contributed by atoms with E-state index in [-0.39, 0.29) is 5.15 Å². The summed E-state index contributed by atoms with van der Waals surface area (Å²) in [5.41, 5.74) is -0.294. The first-order valence-corrected chi connectivity index (χ1v) is 8.28. The van der Waals surface area contributed by atoms with Crippen LogP contribution >= 0.6 is 23.4 Å². The molecule has 0 saturated carbocycles. The number of nitrogens with zero attached hydrogens (tertiary/aromatic N) is 1. The lowest BCUT2D eigenvalue weighted by Gasteiger charge is -2.33. The topological polar surface area (TPSA) is 12.9 Å². The van der Waals surface area contributed by atoms with E-state index in [1.54, 1.807) is 25.5 Å². The normalized spacial score (nSPS) is 22.1. The molecule has 0 aromatic carbocycles. The van der Waals surface area contributed by atoms with Crippen molar-refractivity contribution in [2.75, 3.05) is 0 Å². The smallest absolute Gasteiger partial charge is 0.244 e. The number of pyridine rings is 1. The zero-order chi connectivity index (χ0) is 20.0. The minimum Gasteiger partial charge on any atom is -0.244 e. The molecule has 2 rings (SSSR count). The van der Waals surface area contributed by atoms with E-state index < -0.39 is 39.4 Å². The van der Waals surface area contributed by atoms with Gasteiger partial charge in [-0.1, -0.05) is 36.2 Å². The summed E-state index contributed by atoms with van der Waals surface area (Å²) in [7, 11) is 0. The van der Waals surface area contributed by atoms with Crippen LogP contribution in [-0.2, 0) is 5.41 Å². The summed E-state index contributed by atoms with van der Waals surface area (Å²) in [5.74, 6) is -6.18. The standard InChI is InChI=1S/C16H12ClF7NS/c1-9-6-10(26-16(23,24)14(18,19)15(20,21)22)8-13(2,7-9)11-4-3-5-25-12(11)17/h3-8H,1-2H3. The van der Waals surface area contributed by atoms with Gasteiger partial charge in [0, 0.05) is 22.9 Å². The fourth-order valence-corrected chi connectivity index (χ4v) is 3.91. The summed E-state index contributed by atoms with van der Waals surface area (Å²) in [6, 6.07) is 3.10. The van der Waals surface area contributed by atoms with Crippen LogP contribution in [0, 0.1) is 6.42 Å². The van der Waals surface area contributed by atoms with E-state index in [0.717, 1.165) is 12.2 Å². The van der Waals surface area contributed by atoms with Gasteiger partial charge in [-0.25, -0.2) is 4.98 Å². The van der Waals surface area contributed by atoms with E-state index in [2.05, 4.69) is 4.98 Å². The second-order valence-electron chi connectivity index (χ2n) is 5.89. The van der Waals surface area contributed by atoms with Crippen LogP contribution in [0.15, 0.2) is 41.0 Å². The molecule has 1 aliphatic rings. The van der Waals surface area contributed by atoms with Crippen LogP contribution in [-0.4, -0.2) is 22.3 Å². The molecule has 0 amide bonds. The Morgan fingerprint density at radius 2 is 1.73 bits per heavy atom. The SMILES string of the molecule is CC1=CC(SC(F)(F)C(F)(F)C(F)(F)F)=CC(C)(c2cccnc2Cl)[CH]1. The minimum absolute atomic E-state index is 0.0638. The highest BCUT2D eigenvalue weighted by Crippen LogP contribution is 2.55. The molecule has 0 aliphatic heterocycles. The monoisotopic (exact) mass is 418 g/mol. The maximum absolute atomic E-state index is 13.7. The van der Waals surface area contributed by atoms with Crippen LogP contribution in [0.4, 0.5) is 30.7 Å². The molecular weight excluding hydrogens is 407 g/mol. The zero-order valence-corrected chi connectivity index (χ0v) is 14.9. The predicted molar refractivity (Wildman–Crippen MR) is 86.3 cm³/mol. The van der Waals surface area contributed by atoms with Crippen LogP contribution in [0.1, 0.15) is 19.4 Å². The molecule has 1 radical (unpaired) electrons. The molecule has 1 unspecified atom stereocenters. The van der Waals surface area contributed by atoms with Crippen molar-refractivity contribution in [3.63, 3.8) is 0 Å². The molecule has 1 aliphatic carbocycles. The van der Waals surface area contributed by atoms with Crippen LogP contribution in [0.5, 0.6) is 0 Å². The second kappa shape index (κ2) is 6.74. The van der Waals surface area contributed by atoms with Crippen LogP contribution in [0.3, 0.4) is 0 Å². The van der Waals surface area contributed by atoms with Gasteiger partial charge in [0.2, 0.25) is 0 Å². The summed E-state index contributed by atoms with van der Waals surface area (Å²) < 4.78 is 90.7. The summed E-state index contributed by atoms with van der Waals surface area (Å²) in [4.78, 5) is 3.44. The summed E-state index contributed by atoms with van der Waals surface area (Å²) >= 11 is 5.17. The first-order valence-electron chi connectivity index (χ1n) is 7.09. The minimum atomic E-state index is -6.38. The van der Waals surface area contributed by atoms with Gasteiger partial charge in [-0.2, -0.15) is 30.7 Å². The molecule has 1 nitrogen and oxygen atoms in total. The summed E-state index contributed by atoms with van der Waals surface area (Å²) in [5, 5.41) is -5.32. The zero-order valence-electron chi connectivity index (χ0n) is 13.3. The lowest BCUT2D eigenvalue weighted by atomic mass is 9.75. The number of aromatic nitrogens is 1. The fourth-order valence-electron chi connectivity index (χ4n) is 2.50. The van der Waals surface area contributed by atoms with Gasteiger partial charge in [0.05, 0.1) is 0 Å². The molecular formula is C16H12ClF7NS. The van der Waals surface area contributed by atoms with Crippen molar-refractivity contribution in [2.24, 2.45) is 0 Å². The van der Waals surface area contributed by atoms with Gasteiger partial charge in [0.25, 0.3) is 0 Å². The highest BCUT2D eigenvalue weighted by atomic mass is 35.5. The van der Waals surface area contributed by atoms with Crippen LogP contribution < -0.4 is 0 Å². The fraction of sp³-hybridized carbons (Fsp3) is 0.375.